The number of nitrogens with one attached hydrogen (secondary N) is 1. The molecule has 3 nitrogen and oxygen atoms in total. The highest BCUT2D eigenvalue weighted by molar-refractivity contribution is 4.84. The highest BCUT2D eigenvalue weighted by atomic mass is 16.5. The van der Waals surface area contributed by atoms with E-state index < -0.39 is 0 Å². The molecule has 1 heterocycles. The third-order valence-electron chi connectivity index (χ3n) is 4.25. The van der Waals surface area contributed by atoms with Crippen molar-refractivity contribution in [2.24, 2.45) is 5.92 Å². The van der Waals surface area contributed by atoms with E-state index in [9.17, 15) is 0 Å². The standard InChI is InChI=1S/C14H28N2O/c1-4-14-10-17-11(2)9-16(14)8-7-15-12(3)13-5-6-13/h11-15H,4-10H2,1-3H3. The van der Waals surface area contributed by atoms with E-state index in [1.165, 1.54) is 25.8 Å². The third kappa shape index (κ3) is 3.94. The van der Waals surface area contributed by atoms with Gasteiger partial charge in [0.2, 0.25) is 0 Å². The molecular weight excluding hydrogens is 212 g/mol. The normalized spacial score (nSPS) is 32.6. The highest BCUT2D eigenvalue weighted by Crippen LogP contribution is 2.32. The van der Waals surface area contributed by atoms with Crippen LogP contribution in [-0.4, -0.2) is 49.3 Å². The quantitative estimate of drug-likeness (QED) is 0.767. The molecule has 1 saturated heterocycles. The van der Waals surface area contributed by atoms with Crippen molar-refractivity contribution in [3.63, 3.8) is 0 Å². The summed E-state index contributed by atoms with van der Waals surface area (Å²) in [5.74, 6) is 0.959. The maximum absolute atomic E-state index is 5.73. The van der Waals surface area contributed by atoms with Crippen molar-refractivity contribution < 1.29 is 4.74 Å². The van der Waals surface area contributed by atoms with E-state index in [0.29, 0.717) is 18.2 Å². The van der Waals surface area contributed by atoms with Crippen LogP contribution in [0.1, 0.15) is 40.0 Å². The van der Waals surface area contributed by atoms with Gasteiger partial charge in [0.1, 0.15) is 0 Å². The molecule has 2 aliphatic rings. The van der Waals surface area contributed by atoms with Gasteiger partial charge in [0, 0.05) is 31.7 Å². The summed E-state index contributed by atoms with van der Waals surface area (Å²) in [6.45, 7) is 11.1. The van der Waals surface area contributed by atoms with E-state index in [1.54, 1.807) is 0 Å². The van der Waals surface area contributed by atoms with E-state index in [4.69, 9.17) is 4.74 Å². The lowest BCUT2D eigenvalue weighted by atomic mass is 10.1. The van der Waals surface area contributed by atoms with Gasteiger partial charge in [-0.1, -0.05) is 6.92 Å². The van der Waals surface area contributed by atoms with Crippen LogP contribution in [0.2, 0.25) is 0 Å². The second-order valence-corrected chi connectivity index (χ2v) is 5.78. The molecule has 1 saturated carbocycles. The van der Waals surface area contributed by atoms with Gasteiger partial charge in [-0.05, 0) is 39.0 Å². The SMILES string of the molecule is CCC1COC(C)CN1CCNC(C)C1CC1. The molecule has 3 heteroatoms. The lowest BCUT2D eigenvalue weighted by Gasteiger charge is -2.38. The molecule has 2 fully saturated rings. The number of nitrogens with zero attached hydrogens (tertiary/aromatic N) is 1. The number of morpholine rings is 1. The first kappa shape index (κ1) is 13.3. The highest BCUT2D eigenvalue weighted by Gasteiger charge is 2.28. The predicted octanol–water partition coefficient (Wildman–Crippen LogP) is 1.87. The predicted molar refractivity (Wildman–Crippen MR) is 71.3 cm³/mol. The maximum Gasteiger partial charge on any atom is 0.0674 e. The van der Waals surface area contributed by atoms with E-state index in [0.717, 1.165) is 25.6 Å². The summed E-state index contributed by atoms with van der Waals surface area (Å²) in [5.41, 5.74) is 0. The molecule has 0 amide bonds. The molecule has 0 aromatic rings. The van der Waals surface area contributed by atoms with Crippen LogP contribution in [0.4, 0.5) is 0 Å². The van der Waals surface area contributed by atoms with Gasteiger partial charge < -0.3 is 10.1 Å². The fraction of sp³-hybridized carbons (Fsp3) is 1.00. The van der Waals surface area contributed by atoms with Crippen LogP contribution in [0.15, 0.2) is 0 Å². The van der Waals surface area contributed by atoms with Crippen LogP contribution < -0.4 is 5.32 Å². The fourth-order valence-corrected chi connectivity index (χ4v) is 2.76. The maximum atomic E-state index is 5.73. The summed E-state index contributed by atoms with van der Waals surface area (Å²) in [6.07, 6.45) is 4.46. The molecule has 2 rings (SSSR count). The zero-order valence-corrected chi connectivity index (χ0v) is 11.6. The number of ether oxygens (including phenoxy) is 1. The minimum Gasteiger partial charge on any atom is -0.376 e. The first-order valence-corrected chi connectivity index (χ1v) is 7.29. The summed E-state index contributed by atoms with van der Waals surface area (Å²) < 4.78 is 5.73. The van der Waals surface area contributed by atoms with Gasteiger partial charge in [0.15, 0.2) is 0 Å². The van der Waals surface area contributed by atoms with Crippen molar-refractivity contribution >= 4 is 0 Å². The van der Waals surface area contributed by atoms with E-state index in [1.807, 2.05) is 0 Å². The molecule has 1 N–H and O–H groups in total. The topological polar surface area (TPSA) is 24.5 Å². The van der Waals surface area contributed by atoms with Crippen LogP contribution in [0.25, 0.3) is 0 Å². The van der Waals surface area contributed by atoms with Crippen molar-refractivity contribution in [1.29, 1.82) is 0 Å². The Balaban J connectivity index is 1.67. The molecule has 3 unspecified atom stereocenters. The molecular formula is C14H28N2O. The van der Waals surface area contributed by atoms with E-state index in [-0.39, 0.29) is 0 Å². The molecule has 1 aliphatic carbocycles. The molecule has 0 aromatic heterocycles. The van der Waals surface area contributed by atoms with Gasteiger partial charge in [0.05, 0.1) is 12.7 Å². The first-order chi connectivity index (χ1) is 8.20. The Labute approximate surface area is 106 Å². The largest absolute Gasteiger partial charge is 0.376 e. The Morgan fingerprint density at radius 2 is 2.18 bits per heavy atom. The van der Waals surface area contributed by atoms with Crippen LogP contribution in [0.5, 0.6) is 0 Å². The van der Waals surface area contributed by atoms with E-state index in [2.05, 4.69) is 31.0 Å². The van der Waals surface area contributed by atoms with Crippen molar-refractivity contribution in [2.45, 2.75) is 58.2 Å². The smallest absolute Gasteiger partial charge is 0.0674 e. The fourth-order valence-electron chi connectivity index (χ4n) is 2.76. The first-order valence-electron chi connectivity index (χ1n) is 7.29. The Morgan fingerprint density at radius 3 is 2.82 bits per heavy atom. The van der Waals surface area contributed by atoms with Gasteiger partial charge in [-0.2, -0.15) is 0 Å². The van der Waals surface area contributed by atoms with Crippen molar-refractivity contribution in [3.8, 4) is 0 Å². The van der Waals surface area contributed by atoms with Crippen molar-refractivity contribution in [2.75, 3.05) is 26.2 Å². The van der Waals surface area contributed by atoms with Crippen molar-refractivity contribution in [1.82, 2.24) is 10.2 Å². The van der Waals surface area contributed by atoms with Crippen LogP contribution >= 0.6 is 0 Å². The number of rotatable bonds is 6. The Bertz CT molecular complexity index is 230. The monoisotopic (exact) mass is 240 g/mol. The summed E-state index contributed by atoms with van der Waals surface area (Å²) in [4.78, 5) is 2.60. The van der Waals surface area contributed by atoms with Gasteiger partial charge in [0.25, 0.3) is 0 Å². The molecule has 0 spiro atoms. The molecule has 17 heavy (non-hydrogen) atoms. The molecule has 3 atom stereocenters. The second kappa shape index (κ2) is 6.17. The second-order valence-electron chi connectivity index (χ2n) is 5.78. The lowest BCUT2D eigenvalue weighted by molar-refractivity contribution is -0.0552. The van der Waals surface area contributed by atoms with Crippen LogP contribution in [-0.2, 0) is 4.74 Å². The number of hydrogen-bond donors (Lipinski definition) is 1. The van der Waals surface area contributed by atoms with Crippen LogP contribution in [0, 0.1) is 5.92 Å². The average molecular weight is 240 g/mol. The average Bonchev–Trinajstić information content (AvgIpc) is 3.13. The molecule has 0 aromatic carbocycles. The molecule has 1 aliphatic heterocycles. The van der Waals surface area contributed by atoms with Gasteiger partial charge >= 0.3 is 0 Å². The zero-order valence-electron chi connectivity index (χ0n) is 11.6. The summed E-state index contributed by atoms with van der Waals surface area (Å²) in [7, 11) is 0. The van der Waals surface area contributed by atoms with Gasteiger partial charge in [-0.3, -0.25) is 4.90 Å². The minimum absolute atomic E-state index is 0.402. The summed E-state index contributed by atoms with van der Waals surface area (Å²) in [5, 5.41) is 3.67. The Kier molecular flexibility index (Phi) is 4.83. The molecule has 100 valence electrons. The molecule has 0 radical (unpaired) electrons. The third-order valence-corrected chi connectivity index (χ3v) is 4.25. The zero-order chi connectivity index (χ0) is 12.3. The molecule has 0 bridgehead atoms. The van der Waals surface area contributed by atoms with Crippen molar-refractivity contribution in [3.05, 3.63) is 0 Å². The minimum atomic E-state index is 0.402. The number of hydrogen-bond acceptors (Lipinski definition) is 3. The van der Waals surface area contributed by atoms with Crippen LogP contribution in [0.3, 0.4) is 0 Å². The summed E-state index contributed by atoms with van der Waals surface area (Å²) >= 11 is 0. The Hall–Kier alpha value is -0.120. The van der Waals surface area contributed by atoms with Gasteiger partial charge in [-0.15, -0.1) is 0 Å². The Morgan fingerprint density at radius 1 is 1.41 bits per heavy atom. The van der Waals surface area contributed by atoms with Gasteiger partial charge in [-0.25, -0.2) is 0 Å². The lowest BCUT2D eigenvalue weighted by Crippen LogP contribution is -2.51. The van der Waals surface area contributed by atoms with E-state index >= 15 is 0 Å². The summed E-state index contributed by atoms with van der Waals surface area (Å²) in [6, 6.07) is 1.35.